The Morgan fingerprint density at radius 1 is 1.25 bits per heavy atom. The summed E-state index contributed by atoms with van der Waals surface area (Å²) in [7, 11) is -3.15. The van der Waals surface area contributed by atoms with Crippen LogP contribution in [0.15, 0.2) is 24.5 Å². The molecule has 0 aliphatic carbocycles. The van der Waals surface area contributed by atoms with E-state index in [2.05, 4.69) is 32.7 Å². The Morgan fingerprint density at radius 3 is 2.72 bits per heavy atom. The van der Waals surface area contributed by atoms with Crippen LogP contribution in [0.5, 0.6) is 0 Å². The Labute approximate surface area is 211 Å². The molecule has 2 aromatic rings. The Kier molecular flexibility index (Phi) is 9.95. The molecule has 0 amide bonds. The number of carbonyl (C=O) groups is 1. The molecule has 0 saturated carbocycles. The minimum absolute atomic E-state index is 0.00888. The molecule has 1 aliphatic rings. The van der Waals surface area contributed by atoms with Crippen molar-refractivity contribution < 1.29 is 18.3 Å². The normalized spacial score (nSPS) is 13.9. The number of nitrogens with one attached hydrogen (secondary N) is 2. The van der Waals surface area contributed by atoms with E-state index in [0.29, 0.717) is 19.6 Å². The predicted octanol–water partition coefficient (Wildman–Crippen LogP) is 1.73. The van der Waals surface area contributed by atoms with Crippen molar-refractivity contribution in [3.8, 4) is 6.07 Å². The lowest BCUT2D eigenvalue weighted by Gasteiger charge is -2.24. The number of unbranched alkanes of at least 4 members (excludes halogenated alkanes) is 1. The fraction of sp³-hybridized carbons (Fsp3) is 0.542. The first-order valence-electron chi connectivity index (χ1n) is 12.1. The average Bonchev–Trinajstić information content (AvgIpc) is 2.86. The largest absolute Gasteiger partial charge is 0.480 e. The zero-order valence-electron chi connectivity index (χ0n) is 20.5. The van der Waals surface area contributed by atoms with E-state index in [1.54, 1.807) is 0 Å². The lowest BCUT2D eigenvalue weighted by atomic mass is 10.1. The highest BCUT2D eigenvalue weighted by atomic mass is 32.2. The van der Waals surface area contributed by atoms with Gasteiger partial charge in [-0.05, 0) is 56.7 Å². The van der Waals surface area contributed by atoms with Crippen LogP contribution in [0.3, 0.4) is 0 Å². The van der Waals surface area contributed by atoms with Gasteiger partial charge >= 0.3 is 5.97 Å². The zero-order chi connectivity index (χ0) is 26.0. The van der Waals surface area contributed by atoms with Gasteiger partial charge in [-0.25, -0.2) is 28.2 Å². The first-order valence-corrected chi connectivity index (χ1v) is 14.1. The number of carboxylic acids is 1. The molecule has 1 aliphatic heterocycles. The standard InChI is InChI=1S/C24H33N7O4S/c1-36(34,35)14-13-31(11-3-2-6-20-8-7-19-5-4-10-26-22(19)29-20)12-9-21(23(32)33)30-24-27-16-18(15-25)17-28-24/h7-8,16-17,21H,2-6,9-14H2,1H3,(H,26,29)(H,32,33)(H,27,28,30)/t21-/m0/s1. The van der Waals surface area contributed by atoms with E-state index < -0.39 is 21.8 Å². The van der Waals surface area contributed by atoms with E-state index >= 15 is 0 Å². The lowest BCUT2D eigenvalue weighted by Crippen LogP contribution is -2.37. The molecule has 11 nitrogen and oxygen atoms in total. The van der Waals surface area contributed by atoms with Crippen LogP contribution < -0.4 is 10.6 Å². The maximum absolute atomic E-state index is 11.8. The molecule has 0 unspecified atom stereocenters. The summed E-state index contributed by atoms with van der Waals surface area (Å²) >= 11 is 0. The molecule has 3 heterocycles. The molecule has 0 fully saturated rings. The van der Waals surface area contributed by atoms with E-state index in [9.17, 15) is 18.3 Å². The molecular weight excluding hydrogens is 482 g/mol. The number of carboxylic acid groups (broad SMARTS) is 1. The van der Waals surface area contributed by atoms with Crippen LogP contribution in [0.1, 0.15) is 42.5 Å². The summed E-state index contributed by atoms with van der Waals surface area (Å²) < 4.78 is 23.4. The van der Waals surface area contributed by atoms with Crippen molar-refractivity contribution in [1.82, 2.24) is 19.9 Å². The molecule has 36 heavy (non-hydrogen) atoms. The van der Waals surface area contributed by atoms with Crippen molar-refractivity contribution in [3.05, 3.63) is 41.3 Å². The molecule has 0 saturated heterocycles. The number of sulfone groups is 1. The van der Waals surface area contributed by atoms with E-state index in [1.165, 1.54) is 24.2 Å². The molecule has 3 rings (SSSR count). The number of aromatic nitrogens is 3. The SMILES string of the molecule is CS(=O)(=O)CCN(CCCCc1ccc2c(n1)NCCC2)CC[C@H](Nc1ncc(C#N)cn1)C(=O)O. The van der Waals surface area contributed by atoms with Crippen LogP contribution in [0.4, 0.5) is 11.8 Å². The summed E-state index contributed by atoms with van der Waals surface area (Å²) in [6.07, 6.45) is 8.79. The Morgan fingerprint density at radius 2 is 2.03 bits per heavy atom. The zero-order valence-corrected chi connectivity index (χ0v) is 21.3. The molecule has 194 valence electrons. The smallest absolute Gasteiger partial charge is 0.326 e. The van der Waals surface area contributed by atoms with Gasteiger partial charge in [-0.2, -0.15) is 5.26 Å². The summed E-state index contributed by atoms with van der Waals surface area (Å²) in [6.45, 7) is 2.33. The number of hydrogen-bond donors (Lipinski definition) is 3. The molecule has 1 atom stereocenters. The number of pyridine rings is 1. The van der Waals surface area contributed by atoms with Gasteiger partial charge in [0.25, 0.3) is 0 Å². The van der Waals surface area contributed by atoms with Crippen LogP contribution in [-0.2, 0) is 27.5 Å². The fourth-order valence-corrected chi connectivity index (χ4v) is 4.55. The topological polar surface area (TPSA) is 161 Å². The molecule has 0 bridgehead atoms. The molecule has 3 N–H and O–H groups in total. The second-order valence-corrected chi connectivity index (χ2v) is 11.3. The number of hydrogen-bond acceptors (Lipinski definition) is 10. The van der Waals surface area contributed by atoms with Crippen molar-refractivity contribution in [3.63, 3.8) is 0 Å². The number of aliphatic carboxylic acids is 1. The molecule has 0 aromatic carbocycles. The fourth-order valence-electron chi connectivity index (χ4n) is 3.97. The summed E-state index contributed by atoms with van der Waals surface area (Å²) in [5, 5.41) is 24.6. The second kappa shape index (κ2) is 13.1. The molecule has 0 radical (unpaired) electrons. The van der Waals surface area contributed by atoms with E-state index in [4.69, 9.17) is 10.2 Å². The lowest BCUT2D eigenvalue weighted by molar-refractivity contribution is -0.138. The summed E-state index contributed by atoms with van der Waals surface area (Å²) in [6, 6.07) is 5.17. The first-order chi connectivity index (χ1) is 17.2. The Balaban J connectivity index is 1.52. The summed E-state index contributed by atoms with van der Waals surface area (Å²) in [5.74, 6) is 0.0517. The minimum atomic E-state index is -3.15. The highest BCUT2D eigenvalue weighted by molar-refractivity contribution is 7.90. The highest BCUT2D eigenvalue weighted by Crippen LogP contribution is 2.20. The first kappa shape index (κ1) is 27.3. The second-order valence-electron chi connectivity index (χ2n) is 9.00. The van der Waals surface area contributed by atoms with Gasteiger partial charge in [0.05, 0.1) is 23.7 Å². The third kappa shape index (κ3) is 9.05. The van der Waals surface area contributed by atoms with Crippen molar-refractivity contribution in [2.45, 2.75) is 44.6 Å². The van der Waals surface area contributed by atoms with Crippen molar-refractivity contribution >= 4 is 27.6 Å². The Hall–Kier alpha value is -3.30. The number of rotatable bonds is 14. The summed E-state index contributed by atoms with van der Waals surface area (Å²) in [4.78, 5) is 26.4. The number of fused-ring (bicyclic) bond motifs is 1. The van der Waals surface area contributed by atoms with E-state index in [0.717, 1.165) is 50.2 Å². The van der Waals surface area contributed by atoms with Gasteiger partial charge in [-0.15, -0.1) is 0 Å². The highest BCUT2D eigenvalue weighted by Gasteiger charge is 2.20. The van der Waals surface area contributed by atoms with Crippen LogP contribution in [-0.4, -0.2) is 83.6 Å². The molecule has 2 aromatic heterocycles. The molecular formula is C24H33N7O4S. The van der Waals surface area contributed by atoms with Gasteiger partial charge in [0.2, 0.25) is 5.95 Å². The van der Waals surface area contributed by atoms with E-state index in [1.807, 2.05) is 11.0 Å². The monoisotopic (exact) mass is 515 g/mol. The third-order valence-electron chi connectivity index (χ3n) is 6.00. The van der Waals surface area contributed by atoms with Crippen molar-refractivity contribution in [1.29, 1.82) is 5.26 Å². The Bertz CT molecular complexity index is 1170. The van der Waals surface area contributed by atoms with Crippen molar-refractivity contribution in [2.75, 3.05) is 48.8 Å². The molecule has 0 spiro atoms. The van der Waals surface area contributed by atoms with Crippen LogP contribution >= 0.6 is 0 Å². The predicted molar refractivity (Wildman–Crippen MR) is 137 cm³/mol. The maximum atomic E-state index is 11.8. The third-order valence-corrected chi connectivity index (χ3v) is 6.93. The van der Waals surface area contributed by atoms with Crippen LogP contribution in [0.2, 0.25) is 0 Å². The minimum Gasteiger partial charge on any atom is -0.480 e. The number of nitriles is 1. The van der Waals surface area contributed by atoms with Crippen LogP contribution in [0, 0.1) is 11.3 Å². The van der Waals surface area contributed by atoms with Gasteiger partial charge in [0, 0.05) is 31.6 Å². The van der Waals surface area contributed by atoms with E-state index in [-0.39, 0.29) is 23.7 Å². The van der Waals surface area contributed by atoms with Crippen LogP contribution in [0.25, 0.3) is 0 Å². The quantitative estimate of drug-likeness (QED) is 0.314. The average molecular weight is 516 g/mol. The molecule has 12 heteroatoms. The van der Waals surface area contributed by atoms with Gasteiger partial charge in [-0.1, -0.05) is 6.07 Å². The number of anilines is 2. The summed E-state index contributed by atoms with van der Waals surface area (Å²) in [5.41, 5.74) is 2.56. The van der Waals surface area contributed by atoms with Gasteiger partial charge < -0.3 is 20.6 Å². The van der Waals surface area contributed by atoms with Gasteiger partial charge in [-0.3, -0.25) is 0 Å². The van der Waals surface area contributed by atoms with Gasteiger partial charge in [0.15, 0.2) is 0 Å². The van der Waals surface area contributed by atoms with Gasteiger partial charge in [0.1, 0.15) is 27.8 Å². The number of nitrogens with zero attached hydrogens (tertiary/aromatic N) is 5. The number of aryl methyl sites for hydroxylation is 2. The van der Waals surface area contributed by atoms with Crippen molar-refractivity contribution in [2.24, 2.45) is 0 Å². The maximum Gasteiger partial charge on any atom is 0.326 e.